The highest BCUT2D eigenvalue weighted by Crippen LogP contribution is 2.42. The number of amides is 1. The summed E-state index contributed by atoms with van der Waals surface area (Å²) >= 11 is 1.66. The zero-order valence-electron chi connectivity index (χ0n) is 14.5. The van der Waals surface area contributed by atoms with Crippen LogP contribution in [0, 0.1) is 19.3 Å². The summed E-state index contributed by atoms with van der Waals surface area (Å²) in [4.78, 5) is 20.4. The lowest BCUT2D eigenvalue weighted by Crippen LogP contribution is -2.31. The van der Waals surface area contributed by atoms with E-state index in [2.05, 4.69) is 30.1 Å². The average Bonchev–Trinajstić information content (AvgIpc) is 3.08. The summed E-state index contributed by atoms with van der Waals surface area (Å²) in [6.45, 7) is 10.0. The van der Waals surface area contributed by atoms with Crippen LogP contribution in [0.2, 0.25) is 0 Å². The highest BCUT2D eigenvalue weighted by atomic mass is 32.1. The molecule has 1 atom stereocenters. The van der Waals surface area contributed by atoms with Crippen LogP contribution in [0.15, 0.2) is 12.4 Å². The maximum absolute atomic E-state index is 12.7. The van der Waals surface area contributed by atoms with E-state index < -0.39 is 0 Å². The first-order valence-corrected chi connectivity index (χ1v) is 8.77. The number of thiazole rings is 1. The van der Waals surface area contributed by atoms with Crippen LogP contribution < -0.4 is 0 Å². The van der Waals surface area contributed by atoms with Crippen molar-refractivity contribution in [3.05, 3.63) is 33.5 Å². The molecular formula is C17H24N4OS. The fourth-order valence-corrected chi connectivity index (χ4v) is 4.33. The smallest absolute Gasteiger partial charge is 0.228 e. The summed E-state index contributed by atoms with van der Waals surface area (Å²) in [5, 5.41) is 5.31. The number of nitrogens with zero attached hydrogens (tertiary/aromatic N) is 4. The first kappa shape index (κ1) is 16.2. The molecule has 0 aliphatic carbocycles. The van der Waals surface area contributed by atoms with Gasteiger partial charge in [-0.1, -0.05) is 13.8 Å². The summed E-state index contributed by atoms with van der Waals surface area (Å²) in [7, 11) is 1.93. The molecule has 23 heavy (non-hydrogen) atoms. The van der Waals surface area contributed by atoms with Crippen LogP contribution >= 0.6 is 11.3 Å². The van der Waals surface area contributed by atoms with Crippen LogP contribution in [-0.4, -0.2) is 38.7 Å². The highest BCUT2D eigenvalue weighted by Gasteiger charge is 2.42. The lowest BCUT2D eigenvalue weighted by atomic mass is 9.79. The van der Waals surface area contributed by atoms with Gasteiger partial charge in [0.1, 0.15) is 0 Å². The fraction of sp³-hybridized carbons (Fsp3) is 0.588. The second-order valence-electron chi connectivity index (χ2n) is 7.18. The molecule has 5 nitrogen and oxygen atoms in total. The molecule has 1 saturated heterocycles. The molecule has 0 bridgehead atoms. The fourth-order valence-electron chi connectivity index (χ4n) is 3.49. The van der Waals surface area contributed by atoms with Crippen molar-refractivity contribution in [2.45, 2.75) is 40.0 Å². The molecule has 1 unspecified atom stereocenters. The molecule has 2 aromatic rings. The van der Waals surface area contributed by atoms with E-state index in [1.807, 2.05) is 36.7 Å². The van der Waals surface area contributed by atoms with E-state index in [1.54, 1.807) is 11.3 Å². The van der Waals surface area contributed by atoms with E-state index in [0.717, 1.165) is 28.7 Å². The highest BCUT2D eigenvalue weighted by molar-refractivity contribution is 7.11. The Kier molecular flexibility index (Phi) is 4.04. The molecule has 0 spiro atoms. The molecular weight excluding hydrogens is 308 g/mol. The predicted octanol–water partition coefficient (Wildman–Crippen LogP) is 2.69. The van der Waals surface area contributed by atoms with Gasteiger partial charge in [0.15, 0.2) is 0 Å². The van der Waals surface area contributed by atoms with E-state index >= 15 is 0 Å². The number of carbonyl (C=O) groups is 1. The molecule has 124 valence electrons. The van der Waals surface area contributed by atoms with Crippen LogP contribution in [0.5, 0.6) is 0 Å². The molecule has 0 saturated carbocycles. The minimum absolute atomic E-state index is 0.0612. The third-order valence-electron chi connectivity index (χ3n) is 4.74. The molecule has 1 aliphatic rings. The molecule has 1 amide bonds. The first-order chi connectivity index (χ1) is 10.8. The lowest BCUT2D eigenvalue weighted by molar-refractivity contribution is -0.129. The topological polar surface area (TPSA) is 51.0 Å². The van der Waals surface area contributed by atoms with Gasteiger partial charge < -0.3 is 4.90 Å². The van der Waals surface area contributed by atoms with E-state index in [4.69, 9.17) is 0 Å². The van der Waals surface area contributed by atoms with Crippen molar-refractivity contribution in [1.82, 2.24) is 19.7 Å². The Balaban J connectivity index is 1.74. The predicted molar refractivity (Wildman–Crippen MR) is 91.6 cm³/mol. The van der Waals surface area contributed by atoms with E-state index in [-0.39, 0.29) is 11.3 Å². The number of hydrogen-bond acceptors (Lipinski definition) is 4. The Labute approximate surface area is 141 Å². The molecule has 6 heteroatoms. The third-order valence-corrected chi connectivity index (χ3v) is 5.67. The monoisotopic (exact) mass is 332 g/mol. The number of rotatable bonds is 3. The van der Waals surface area contributed by atoms with Crippen molar-refractivity contribution < 1.29 is 4.79 Å². The van der Waals surface area contributed by atoms with E-state index in [9.17, 15) is 4.79 Å². The standard InChI is InChI=1S/C17H24N4OS/c1-11-15(19-12(2)23-11)6-16(22)21-9-14(17(3,4)10-21)13-7-18-20(5)8-13/h7-8,14H,6,9-10H2,1-5H3. The maximum atomic E-state index is 12.7. The van der Waals surface area contributed by atoms with E-state index in [1.165, 1.54) is 5.56 Å². The van der Waals surface area contributed by atoms with Crippen LogP contribution in [0.25, 0.3) is 0 Å². The van der Waals surface area contributed by atoms with E-state index in [0.29, 0.717) is 12.3 Å². The maximum Gasteiger partial charge on any atom is 0.228 e. The Bertz CT molecular complexity index is 731. The molecule has 0 radical (unpaired) electrons. The zero-order chi connectivity index (χ0) is 16.8. The van der Waals surface area contributed by atoms with Crippen molar-refractivity contribution in [3.8, 4) is 0 Å². The van der Waals surface area contributed by atoms with Gasteiger partial charge in [-0.25, -0.2) is 4.98 Å². The van der Waals surface area contributed by atoms with Crippen LogP contribution in [0.3, 0.4) is 0 Å². The summed E-state index contributed by atoms with van der Waals surface area (Å²) in [5.74, 6) is 0.510. The largest absolute Gasteiger partial charge is 0.341 e. The van der Waals surface area contributed by atoms with Gasteiger partial charge in [-0.15, -0.1) is 11.3 Å². The second-order valence-corrected chi connectivity index (χ2v) is 8.58. The number of hydrogen-bond donors (Lipinski definition) is 0. The van der Waals surface area contributed by atoms with Gasteiger partial charge in [-0.3, -0.25) is 9.48 Å². The lowest BCUT2D eigenvalue weighted by Gasteiger charge is -2.24. The van der Waals surface area contributed by atoms with Crippen molar-refractivity contribution >= 4 is 17.2 Å². The van der Waals surface area contributed by atoms with Crippen molar-refractivity contribution in [3.63, 3.8) is 0 Å². The van der Waals surface area contributed by atoms with Gasteiger partial charge in [0.2, 0.25) is 5.91 Å². The van der Waals surface area contributed by atoms with Gasteiger partial charge in [0.05, 0.1) is 23.3 Å². The third kappa shape index (κ3) is 3.17. The number of aromatic nitrogens is 3. The minimum atomic E-state index is 0.0612. The molecule has 2 aromatic heterocycles. The molecule has 1 fully saturated rings. The van der Waals surface area contributed by atoms with Gasteiger partial charge in [0, 0.05) is 37.1 Å². The normalized spacial score (nSPS) is 20.2. The van der Waals surface area contributed by atoms with Gasteiger partial charge in [0.25, 0.3) is 0 Å². The second kappa shape index (κ2) is 5.74. The summed E-state index contributed by atoms with van der Waals surface area (Å²) in [6.07, 6.45) is 4.40. The Morgan fingerprint density at radius 3 is 2.74 bits per heavy atom. The SMILES string of the molecule is Cc1nc(CC(=O)N2CC(c3cnn(C)c3)C(C)(C)C2)c(C)s1. The Morgan fingerprint density at radius 1 is 1.43 bits per heavy atom. The molecule has 1 aliphatic heterocycles. The average molecular weight is 332 g/mol. The first-order valence-electron chi connectivity index (χ1n) is 7.95. The van der Waals surface area contributed by atoms with Crippen LogP contribution in [0.4, 0.5) is 0 Å². The van der Waals surface area contributed by atoms with Gasteiger partial charge in [-0.05, 0) is 24.8 Å². The minimum Gasteiger partial charge on any atom is -0.341 e. The number of likely N-dealkylation sites (tertiary alicyclic amines) is 1. The molecule has 3 rings (SSSR count). The summed E-state index contributed by atoms with van der Waals surface area (Å²) < 4.78 is 1.83. The van der Waals surface area contributed by atoms with Gasteiger partial charge in [-0.2, -0.15) is 5.10 Å². The van der Waals surface area contributed by atoms with Crippen molar-refractivity contribution in [2.75, 3.05) is 13.1 Å². The van der Waals surface area contributed by atoms with Crippen molar-refractivity contribution in [2.24, 2.45) is 12.5 Å². The molecule has 0 N–H and O–H groups in total. The van der Waals surface area contributed by atoms with Crippen LogP contribution in [-0.2, 0) is 18.3 Å². The Morgan fingerprint density at radius 2 is 2.17 bits per heavy atom. The van der Waals surface area contributed by atoms with Crippen molar-refractivity contribution in [1.29, 1.82) is 0 Å². The zero-order valence-corrected chi connectivity index (χ0v) is 15.3. The quantitative estimate of drug-likeness (QED) is 0.868. The summed E-state index contributed by atoms with van der Waals surface area (Å²) in [6, 6.07) is 0. The van der Waals surface area contributed by atoms with Crippen LogP contribution in [0.1, 0.15) is 40.9 Å². The van der Waals surface area contributed by atoms with Gasteiger partial charge >= 0.3 is 0 Å². The Hall–Kier alpha value is -1.69. The summed E-state index contributed by atoms with van der Waals surface area (Å²) in [5.41, 5.74) is 2.21. The number of aryl methyl sites for hydroxylation is 3. The molecule has 3 heterocycles. The molecule has 0 aromatic carbocycles. The number of carbonyl (C=O) groups excluding carboxylic acids is 1.